The molecule has 0 spiro atoms. The number of rotatable bonds is 1. The number of carbonyl (C=O) groups excluding carboxylic acids is 2. The van der Waals surface area contributed by atoms with Crippen molar-refractivity contribution in [2.45, 2.75) is 13.3 Å². The molecule has 0 saturated heterocycles. The van der Waals surface area contributed by atoms with Crippen LogP contribution in [0.4, 0.5) is 0 Å². The van der Waals surface area contributed by atoms with Crippen LogP contribution in [0.1, 0.15) is 13.3 Å². The highest BCUT2D eigenvalue weighted by atomic mass is 16.2. The summed E-state index contributed by atoms with van der Waals surface area (Å²) in [7, 11) is 0. The molecule has 62 valence electrons. The zero-order valence-corrected chi connectivity index (χ0v) is 6.60. The largest absolute Gasteiger partial charge is 0.312 e. The normalized spacial score (nSPS) is 14.1. The molecule has 0 saturated carbocycles. The number of carbonyl (C=O) groups is 2. The fourth-order valence-corrected chi connectivity index (χ4v) is 0.796. The lowest BCUT2D eigenvalue weighted by Gasteiger charge is -2.00. The first-order valence-electron chi connectivity index (χ1n) is 3.46. The van der Waals surface area contributed by atoms with Gasteiger partial charge in [-0.25, -0.2) is 0 Å². The van der Waals surface area contributed by atoms with Crippen molar-refractivity contribution in [1.82, 2.24) is 10.6 Å². The van der Waals surface area contributed by atoms with Gasteiger partial charge >= 0.3 is 5.91 Å². The predicted molar refractivity (Wildman–Crippen MR) is 42.4 cm³/mol. The van der Waals surface area contributed by atoms with E-state index in [1.165, 1.54) is 0 Å². The van der Waals surface area contributed by atoms with Crippen LogP contribution in [-0.4, -0.2) is 11.8 Å². The maximum atomic E-state index is 10.8. The SMILES string of the molecule is CC#CC(=O)NC1=CCC(=O)N1. The smallest absolute Gasteiger partial charge is 0.301 e. The number of hydrogen-bond donors (Lipinski definition) is 2. The van der Waals surface area contributed by atoms with E-state index >= 15 is 0 Å². The molecule has 1 heterocycles. The van der Waals surface area contributed by atoms with E-state index in [1.54, 1.807) is 13.0 Å². The Morgan fingerprint density at radius 2 is 2.50 bits per heavy atom. The average Bonchev–Trinajstić information content (AvgIpc) is 2.36. The highest BCUT2D eigenvalue weighted by molar-refractivity contribution is 5.95. The maximum Gasteiger partial charge on any atom is 0.301 e. The third-order valence-electron chi connectivity index (χ3n) is 1.25. The Kier molecular flexibility index (Phi) is 2.49. The number of amides is 2. The van der Waals surface area contributed by atoms with Gasteiger partial charge in [-0.2, -0.15) is 0 Å². The van der Waals surface area contributed by atoms with E-state index in [0.717, 1.165) is 0 Å². The Morgan fingerprint density at radius 1 is 1.75 bits per heavy atom. The molecule has 0 aromatic carbocycles. The van der Waals surface area contributed by atoms with Gasteiger partial charge in [0.05, 0.1) is 0 Å². The van der Waals surface area contributed by atoms with Crippen molar-refractivity contribution < 1.29 is 9.59 Å². The second kappa shape index (κ2) is 3.58. The van der Waals surface area contributed by atoms with Gasteiger partial charge in [0.25, 0.3) is 0 Å². The molecule has 0 unspecified atom stereocenters. The topological polar surface area (TPSA) is 58.2 Å². The molecule has 4 heteroatoms. The molecule has 0 aromatic heterocycles. The van der Waals surface area contributed by atoms with Crippen LogP contribution in [0.5, 0.6) is 0 Å². The van der Waals surface area contributed by atoms with Crippen LogP contribution in [0.25, 0.3) is 0 Å². The summed E-state index contributed by atoms with van der Waals surface area (Å²) in [4.78, 5) is 21.5. The van der Waals surface area contributed by atoms with Crippen molar-refractivity contribution in [3.05, 3.63) is 11.9 Å². The molecule has 2 N–H and O–H groups in total. The molecular weight excluding hydrogens is 156 g/mol. The fourth-order valence-electron chi connectivity index (χ4n) is 0.796. The summed E-state index contributed by atoms with van der Waals surface area (Å²) in [6.45, 7) is 1.57. The molecule has 0 aromatic rings. The van der Waals surface area contributed by atoms with Crippen LogP contribution in [0.3, 0.4) is 0 Å². The van der Waals surface area contributed by atoms with Gasteiger partial charge < -0.3 is 10.6 Å². The second-order valence-corrected chi connectivity index (χ2v) is 2.20. The van der Waals surface area contributed by atoms with Gasteiger partial charge in [0.15, 0.2) is 0 Å². The minimum Gasteiger partial charge on any atom is -0.312 e. The van der Waals surface area contributed by atoms with E-state index in [2.05, 4.69) is 22.5 Å². The number of nitrogens with one attached hydrogen (secondary N) is 2. The summed E-state index contributed by atoms with van der Waals surface area (Å²) < 4.78 is 0. The van der Waals surface area contributed by atoms with Crippen molar-refractivity contribution in [3.8, 4) is 11.8 Å². The molecule has 1 aliphatic rings. The van der Waals surface area contributed by atoms with Crippen molar-refractivity contribution in [2.75, 3.05) is 0 Å². The Bertz CT molecular complexity index is 307. The standard InChI is InChI=1S/C8H8N2O2/c1-2-3-7(11)9-6-4-5-8(12)10-6/h4H,5H2,1H3,(H,9,11)(H,10,12). The molecular formula is C8H8N2O2. The van der Waals surface area contributed by atoms with Gasteiger partial charge in [-0.1, -0.05) is 5.92 Å². The van der Waals surface area contributed by atoms with Crippen LogP contribution < -0.4 is 10.6 Å². The molecule has 0 bridgehead atoms. The lowest BCUT2D eigenvalue weighted by Crippen LogP contribution is -2.29. The van der Waals surface area contributed by atoms with Crippen molar-refractivity contribution >= 4 is 11.8 Å². The Balaban J connectivity index is 2.46. The summed E-state index contributed by atoms with van der Waals surface area (Å²) in [5.41, 5.74) is 0. The predicted octanol–water partition coefficient (Wildman–Crippen LogP) is -0.513. The first-order chi connectivity index (χ1) is 5.72. The lowest BCUT2D eigenvalue weighted by molar-refractivity contribution is -0.119. The lowest BCUT2D eigenvalue weighted by atomic mass is 10.4. The molecule has 2 amide bonds. The van der Waals surface area contributed by atoms with E-state index < -0.39 is 5.91 Å². The van der Waals surface area contributed by atoms with Crippen LogP contribution in [0.15, 0.2) is 11.9 Å². The molecule has 12 heavy (non-hydrogen) atoms. The summed E-state index contributed by atoms with van der Waals surface area (Å²) >= 11 is 0. The second-order valence-electron chi connectivity index (χ2n) is 2.20. The van der Waals surface area contributed by atoms with Crippen molar-refractivity contribution in [2.24, 2.45) is 0 Å². The molecule has 0 atom stereocenters. The summed E-state index contributed by atoms with van der Waals surface area (Å²) in [5.74, 6) is 4.64. The highest BCUT2D eigenvalue weighted by Crippen LogP contribution is 1.97. The zero-order chi connectivity index (χ0) is 8.97. The van der Waals surface area contributed by atoms with E-state index in [-0.39, 0.29) is 5.91 Å². The Morgan fingerprint density at radius 3 is 3.00 bits per heavy atom. The monoisotopic (exact) mass is 164 g/mol. The minimum atomic E-state index is -0.411. The first kappa shape index (κ1) is 8.34. The van der Waals surface area contributed by atoms with Crippen molar-refractivity contribution in [1.29, 1.82) is 0 Å². The van der Waals surface area contributed by atoms with Gasteiger partial charge in [0.2, 0.25) is 5.91 Å². The molecule has 0 fully saturated rings. The van der Waals surface area contributed by atoms with Gasteiger partial charge in [-0.05, 0) is 18.9 Å². The Hall–Kier alpha value is -1.76. The molecule has 0 radical (unpaired) electrons. The van der Waals surface area contributed by atoms with E-state index in [4.69, 9.17) is 0 Å². The van der Waals surface area contributed by atoms with E-state index in [0.29, 0.717) is 12.2 Å². The highest BCUT2D eigenvalue weighted by Gasteiger charge is 2.11. The summed E-state index contributed by atoms with van der Waals surface area (Å²) in [5, 5.41) is 4.89. The van der Waals surface area contributed by atoms with Gasteiger partial charge in [-0.3, -0.25) is 9.59 Å². The van der Waals surface area contributed by atoms with E-state index in [1.807, 2.05) is 0 Å². The van der Waals surface area contributed by atoms with Gasteiger partial charge in [0.1, 0.15) is 5.82 Å². The van der Waals surface area contributed by atoms with Gasteiger partial charge in [0, 0.05) is 6.42 Å². The van der Waals surface area contributed by atoms with Crippen LogP contribution >= 0.6 is 0 Å². The molecule has 0 aliphatic carbocycles. The van der Waals surface area contributed by atoms with Crippen LogP contribution in [-0.2, 0) is 9.59 Å². The Labute approximate surface area is 70.0 Å². The summed E-state index contributed by atoms with van der Waals surface area (Å²) in [6, 6.07) is 0. The van der Waals surface area contributed by atoms with Crippen LogP contribution in [0.2, 0.25) is 0 Å². The van der Waals surface area contributed by atoms with Gasteiger partial charge in [-0.15, -0.1) is 0 Å². The minimum absolute atomic E-state index is 0.116. The summed E-state index contributed by atoms with van der Waals surface area (Å²) in [6.07, 6.45) is 1.92. The quantitative estimate of drug-likeness (QED) is 0.513. The fraction of sp³-hybridized carbons (Fsp3) is 0.250. The zero-order valence-electron chi connectivity index (χ0n) is 6.60. The molecule has 1 rings (SSSR count). The van der Waals surface area contributed by atoms with E-state index in [9.17, 15) is 9.59 Å². The number of hydrogen-bond acceptors (Lipinski definition) is 2. The van der Waals surface area contributed by atoms with Crippen molar-refractivity contribution in [3.63, 3.8) is 0 Å². The maximum absolute atomic E-state index is 10.8. The molecule has 4 nitrogen and oxygen atoms in total. The first-order valence-corrected chi connectivity index (χ1v) is 3.46. The molecule has 1 aliphatic heterocycles. The van der Waals surface area contributed by atoms with Crippen LogP contribution in [0, 0.1) is 11.8 Å². The third-order valence-corrected chi connectivity index (χ3v) is 1.25. The third kappa shape index (κ3) is 2.13. The average molecular weight is 164 g/mol.